The normalized spacial score (nSPS) is 24.1. The fraction of sp³-hybridized carbons (Fsp3) is 0.700. The lowest BCUT2D eigenvalue weighted by molar-refractivity contribution is -0.131. The molecule has 4 heteroatoms. The molecule has 0 aromatic rings. The van der Waals surface area contributed by atoms with Gasteiger partial charge in [-0.3, -0.25) is 0 Å². The second kappa shape index (κ2) is 5.41. The summed E-state index contributed by atoms with van der Waals surface area (Å²) in [5.41, 5.74) is 0.962. The average Bonchev–Trinajstić information content (AvgIpc) is 2.50. The monoisotopic (exact) mass is 215 g/mol. The minimum Gasteiger partial charge on any atom is -0.478 e. The first-order chi connectivity index (χ1) is 6.63. The number of carbonyl (C=O) groups is 1. The predicted molar refractivity (Wildman–Crippen MR) is 59.3 cm³/mol. The molecule has 1 atom stereocenters. The van der Waals surface area contributed by atoms with Crippen molar-refractivity contribution in [3.05, 3.63) is 11.6 Å². The molecule has 1 saturated heterocycles. The molecule has 1 heterocycles. The fourth-order valence-electron chi connectivity index (χ4n) is 1.89. The summed E-state index contributed by atoms with van der Waals surface area (Å²) in [6, 6.07) is 0.528. The van der Waals surface area contributed by atoms with Crippen molar-refractivity contribution in [2.45, 2.75) is 32.2 Å². The van der Waals surface area contributed by atoms with Crippen molar-refractivity contribution in [1.82, 2.24) is 4.31 Å². The van der Waals surface area contributed by atoms with Crippen molar-refractivity contribution >= 4 is 17.9 Å². The van der Waals surface area contributed by atoms with E-state index in [4.69, 9.17) is 5.11 Å². The SMILES string of the molecule is CSN1CCCC1CC(C)=CC(=O)O. The van der Waals surface area contributed by atoms with E-state index in [0.717, 1.165) is 18.5 Å². The van der Waals surface area contributed by atoms with Crippen LogP contribution in [-0.2, 0) is 4.79 Å². The molecule has 1 unspecified atom stereocenters. The molecule has 0 bridgehead atoms. The number of hydrogen-bond donors (Lipinski definition) is 1. The minimum absolute atomic E-state index is 0.528. The number of hydrogen-bond acceptors (Lipinski definition) is 3. The van der Waals surface area contributed by atoms with Crippen molar-refractivity contribution in [2.75, 3.05) is 12.8 Å². The van der Waals surface area contributed by atoms with Crippen molar-refractivity contribution < 1.29 is 9.90 Å². The summed E-state index contributed by atoms with van der Waals surface area (Å²) in [6.45, 7) is 3.02. The Bertz CT molecular complexity index is 240. The lowest BCUT2D eigenvalue weighted by atomic mass is 10.1. The van der Waals surface area contributed by atoms with Crippen LogP contribution in [0.25, 0.3) is 0 Å². The van der Waals surface area contributed by atoms with Crippen LogP contribution in [0.2, 0.25) is 0 Å². The lowest BCUT2D eigenvalue weighted by Crippen LogP contribution is -2.22. The number of rotatable bonds is 4. The van der Waals surface area contributed by atoms with Gasteiger partial charge < -0.3 is 5.11 Å². The van der Waals surface area contributed by atoms with Crippen LogP contribution in [0.5, 0.6) is 0 Å². The summed E-state index contributed by atoms with van der Waals surface area (Å²) in [7, 11) is 0. The Labute approximate surface area is 89.3 Å². The summed E-state index contributed by atoms with van der Waals surface area (Å²) in [6.07, 6.45) is 6.69. The topological polar surface area (TPSA) is 40.5 Å². The minimum atomic E-state index is -0.837. The molecule has 0 saturated carbocycles. The maximum atomic E-state index is 10.4. The van der Waals surface area contributed by atoms with Crippen LogP contribution >= 0.6 is 11.9 Å². The molecule has 1 aliphatic heterocycles. The first-order valence-corrected chi connectivity index (χ1v) is 6.02. The number of carboxylic acids is 1. The molecule has 0 amide bonds. The molecule has 1 aliphatic rings. The summed E-state index contributed by atoms with van der Waals surface area (Å²) < 4.78 is 2.35. The van der Waals surface area contributed by atoms with Gasteiger partial charge in [-0.05, 0) is 32.4 Å². The first-order valence-electron chi connectivity index (χ1n) is 4.84. The van der Waals surface area contributed by atoms with Gasteiger partial charge in [0.15, 0.2) is 0 Å². The van der Waals surface area contributed by atoms with E-state index in [-0.39, 0.29) is 0 Å². The van der Waals surface area contributed by atoms with E-state index in [1.807, 2.05) is 6.92 Å². The Hall–Kier alpha value is -0.480. The molecule has 0 aliphatic carbocycles. The molecule has 14 heavy (non-hydrogen) atoms. The van der Waals surface area contributed by atoms with Gasteiger partial charge in [-0.1, -0.05) is 17.5 Å². The maximum absolute atomic E-state index is 10.4. The molecule has 1 N–H and O–H groups in total. The number of nitrogens with zero attached hydrogens (tertiary/aromatic N) is 1. The highest BCUT2D eigenvalue weighted by molar-refractivity contribution is 7.96. The highest BCUT2D eigenvalue weighted by atomic mass is 32.2. The third kappa shape index (κ3) is 3.35. The van der Waals surface area contributed by atoms with Crippen molar-refractivity contribution in [3.63, 3.8) is 0 Å². The Kier molecular flexibility index (Phi) is 4.48. The van der Waals surface area contributed by atoms with E-state index < -0.39 is 5.97 Å². The molecule has 0 aromatic heterocycles. The van der Waals surface area contributed by atoms with Crippen LogP contribution in [0.3, 0.4) is 0 Å². The lowest BCUT2D eigenvalue weighted by Gasteiger charge is -2.21. The zero-order chi connectivity index (χ0) is 10.6. The largest absolute Gasteiger partial charge is 0.478 e. The van der Waals surface area contributed by atoms with Crippen LogP contribution in [0, 0.1) is 0 Å². The quantitative estimate of drug-likeness (QED) is 0.576. The van der Waals surface area contributed by atoms with E-state index in [0.29, 0.717) is 6.04 Å². The van der Waals surface area contributed by atoms with Crippen LogP contribution < -0.4 is 0 Å². The van der Waals surface area contributed by atoms with Gasteiger partial charge in [0.05, 0.1) is 0 Å². The van der Waals surface area contributed by atoms with Gasteiger partial charge in [-0.15, -0.1) is 0 Å². The molecule has 0 spiro atoms. The third-order valence-electron chi connectivity index (χ3n) is 2.49. The fourth-order valence-corrected chi connectivity index (χ4v) is 2.68. The third-order valence-corrected chi connectivity index (χ3v) is 3.43. The van der Waals surface area contributed by atoms with Crippen LogP contribution in [-0.4, -0.2) is 34.2 Å². The van der Waals surface area contributed by atoms with Crippen molar-refractivity contribution in [2.24, 2.45) is 0 Å². The molecule has 1 fully saturated rings. The number of carboxylic acid groups (broad SMARTS) is 1. The van der Waals surface area contributed by atoms with Crippen LogP contribution in [0.4, 0.5) is 0 Å². The average molecular weight is 215 g/mol. The van der Waals surface area contributed by atoms with Gasteiger partial charge in [0.2, 0.25) is 0 Å². The second-order valence-electron chi connectivity index (χ2n) is 3.65. The molecule has 0 radical (unpaired) electrons. The standard InChI is InChI=1S/C10H17NO2S/c1-8(7-10(12)13)6-9-4-3-5-11(9)14-2/h7,9H,3-6H2,1-2H3,(H,12,13). The van der Waals surface area contributed by atoms with Crippen LogP contribution in [0.15, 0.2) is 11.6 Å². The first kappa shape index (κ1) is 11.6. The summed E-state index contributed by atoms with van der Waals surface area (Å²) >= 11 is 1.76. The Balaban J connectivity index is 2.47. The van der Waals surface area contributed by atoms with Gasteiger partial charge in [0.25, 0.3) is 0 Å². The van der Waals surface area contributed by atoms with Gasteiger partial charge >= 0.3 is 5.97 Å². The Morgan fingerprint density at radius 2 is 2.43 bits per heavy atom. The second-order valence-corrected chi connectivity index (χ2v) is 4.49. The van der Waals surface area contributed by atoms with Gasteiger partial charge in [0, 0.05) is 18.7 Å². The Morgan fingerprint density at radius 1 is 1.71 bits per heavy atom. The summed E-state index contributed by atoms with van der Waals surface area (Å²) in [4.78, 5) is 10.4. The zero-order valence-electron chi connectivity index (χ0n) is 8.69. The molecule has 3 nitrogen and oxygen atoms in total. The smallest absolute Gasteiger partial charge is 0.328 e. The van der Waals surface area contributed by atoms with Gasteiger partial charge in [0.1, 0.15) is 0 Å². The van der Waals surface area contributed by atoms with E-state index in [9.17, 15) is 4.79 Å². The van der Waals surface area contributed by atoms with Gasteiger partial charge in [-0.2, -0.15) is 0 Å². The highest BCUT2D eigenvalue weighted by Crippen LogP contribution is 2.27. The molecular weight excluding hydrogens is 198 g/mol. The zero-order valence-corrected chi connectivity index (χ0v) is 9.51. The van der Waals surface area contributed by atoms with E-state index in [2.05, 4.69) is 10.6 Å². The van der Waals surface area contributed by atoms with E-state index in [1.54, 1.807) is 11.9 Å². The highest BCUT2D eigenvalue weighted by Gasteiger charge is 2.23. The summed E-state index contributed by atoms with van der Waals surface area (Å²) in [5, 5.41) is 8.59. The Morgan fingerprint density at radius 3 is 3.00 bits per heavy atom. The van der Waals surface area contributed by atoms with Crippen molar-refractivity contribution in [1.29, 1.82) is 0 Å². The predicted octanol–water partition coefficient (Wildman–Crippen LogP) is 2.15. The van der Waals surface area contributed by atoms with E-state index in [1.165, 1.54) is 18.9 Å². The molecule has 1 rings (SSSR count). The summed E-state index contributed by atoms with van der Waals surface area (Å²) in [5.74, 6) is -0.837. The molecule has 80 valence electrons. The van der Waals surface area contributed by atoms with Crippen LogP contribution in [0.1, 0.15) is 26.2 Å². The molecule has 0 aromatic carbocycles. The number of aliphatic carboxylic acids is 1. The van der Waals surface area contributed by atoms with Gasteiger partial charge in [-0.25, -0.2) is 9.10 Å². The maximum Gasteiger partial charge on any atom is 0.328 e. The van der Waals surface area contributed by atoms with Crippen molar-refractivity contribution in [3.8, 4) is 0 Å². The van der Waals surface area contributed by atoms with E-state index >= 15 is 0 Å². The molecular formula is C10H17NO2S.